The minimum Gasteiger partial charge on any atom is -0.399 e. The van der Waals surface area contributed by atoms with E-state index in [2.05, 4.69) is 5.32 Å². The first-order valence-electron chi connectivity index (χ1n) is 6.69. The van der Waals surface area contributed by atoms with E-state index in [0.29, 0.717) is 6.54 Å². The molecule has 108 valence electrons. The molecule has 3 N–H and O–H groups in total. The summed E-state index contributed by atoms with van der Waals surface area (Å²) >= 11 is 0. The van der Waals surface area contributed by atoms with Crippen molar-refractivity contribution in [3.05, 3.63) is 71.6 Å². The van der Waals surface area contributed by atoms with E-state index in [1.54, 1.807) is 18.2 Å². The molecule has 21 heavy (non-hydrogen) atoms. The number of carbonyl (C=O) groups is 1. The van der Waals surface area contributed by atoms with Gasteiger partial charge in [-0.25, -0.2) is 4.39 Å². The third-order valence-corrected chi connectivity index (χ3v) is 2.99. The van der Waals surface area contributed by atoms with Crippen molar-refractivity contribution in [2.75, 3.05) is 12.3 Å². The van der Waals surface area contributed by atoms with Gasteiger partial charge >= 0.3 is 0 Å². The van der Waals surface area contributed by atoms with Gasteiger partial charge in [0.25, 0.3) is 0 Å². The van der Waals surface area contributed by atoms with Crippen LogP contribution < -0.4 is 11.1 Å². The Labute approximate surface area is 123 Å². The van der Waals surface area contributed by atoms with Crippen molar-refractivity contribution >= 4 is 17.7 Å². The number of nitrogens with one attached hydrogen (secondary N) is 1. The number of benzene rings is 2. The zero-order chi connectivity index (χ0) is 15.1. The SMILES string of the molecule is Nc1ccc(CCNC(=O)/C=C/c2ccc(F)cc2)cc1. The summed E-state index contributed by atoms with van der Waals surface area (Å²) < 4.78 is 12.7. The van der Waals surface area contributed by atoms with E-state index in [4.69, 9.17) is 5.73 Å². The standard InChI is InChI=1S/C17H17FN2O/c18-15-6-1-13(2-7-15)5-10-17(21)20-12-11-14-3-8-16(19)9-4-14/h1-10H,11-12,19H2,(H,20,21)/b10-5+. The zero-order valence-electron chi connectivity index (χ0n) is 11.6. The molecular formula is C17H17FN2O. The fraction of sp³-hybridized carbons (Fsp3) is 0.118. The molecular weight excluding hydrogens is 267 g/mol. The summed E-state index contributed by atoms with van der Waals surface area (Å²) in [4.78, 5) is 11.6. The van der Waals surface area contributed by atoms with E-state index < -0.39 is 0 Å². The molecule has 0 saturated carbocycles. The smallest absolute Gasteiger partial charge is 0.244 e. The fourth-order valence-electron chi connectivity index (χ4n) is 1.82. The van der Waals surface area contributed by atoms with Gasteiger partial charge in [0.1, 0.15) is 5.82 Å². The Hall–Kier alpha value is -2.62. The van der Waals surface area contributed by atoms with E-state index >= 15 is 0 Å². The highest BCUT2D eigenvalue weighted by Crippen LogP contribution is 2.06. The number of anilines is 1. The molecule has 0 radical (unpaired) electrons. The summed E-state index contributed by atoms with van der Waals surface area (Å²) in [6.07, 6.45) is 3.84. The molecule has 0 aliphatic rings. The van der Waals surface area contributed by atoms with E-state index in [9.17, 15) is 9.18 Å². The molecule has 0 aliphatic carbocycles. The minimum atomic E-state index is -0.292. The lowest BCUT2D eigenvalue weighted by molar-refractivity contribution is -0.116. The van der Waals surface area contributed by atoms with Crippen LogP contribution in [0.25, 0.3) is 6.08 Å². The van der Waals surface area contributed by atoms with E-state index in [-0.39, 0.29) is 11.7 Å². The molecule has 0 spiro atoms. The Balaban J connectivity index is 1.77. The van der Waals surface area contributed by atoms with Gasteiger partial charge in [-0.05, 0) is 47.9 Å². The van der Waals surface area contributed by atoms with E-state index in [1.807, 2.05) is 24.3 Å². The second kappa shape index (κ2) is 7.24. The van der Waals surface area contributed by atoms with Crippen LogP contribution >= 0.6 is 0 Å². The van der Waals surface area contributed by atoms with Crippen LogP contribution in [0.2, 0.25) is 0 Å². The molecule has 2 rings (SSSR count). The first-order valence-corrected chi connectivity index (χ1v) is 6.69. The molecule has 0 unspecified atom stereocenters. The van der Waals surface area contributed by atoms with Crippen molar-refractivity contribution in [3.63, 3.8) is 0 Å². The number of rotatable bonds is 5. The van der Waals surface area contributed by atoms with Crippen molar-refractivity contribution in [2.24, 2.45) is 0 Å². The van der Waals surface area contributed by atoms with E-state index in [1.165, 1.54) is 18.2 Å². The van der Waals surface area contributed by atoms with Gasteiger partial charge in [0.2, 0.25) is 5.91 Å². The zero-order valence-corrected chi connectivity index (χ0v) is 11.6. The van der Waals surface area contributed by atoms with Crippen LogP contribution in [0, 0.1) is 5.82 Å². The molecule has 0 bridgehead atoms. The molecule has 0 fully saturated rings. The van der Waals surface area contributed by atoms with Crippen LogP contribution in [0.3, 0.4) is 0 Å². The third-order valence-electron chi connectivity index (χ3n) is 2.99. The number of carbonyl (C=O) groups excluding carboxylic acids is 1. The topological polar surface area (TPSA) is 55.1 Å². The Bertz CT molecular complexity index is 618. The quantitative estimate of drug-likeness (QED) is 0.655. The van der Waals surface area contributed by atoms with Crippen molar-refractivity contribution in [1.82, 2.24) is 5.32 Å². The highest BCUT2D eigenvalue weighted by atomic mass is 19.1. The number of nitrogens with two attached hydrogens (primary N) is 1. The van der Waals surface area contributed by atoms with Gasteiger partial charge in [0.15, 0.2) is 0 Å². The molecule has 0 aromatic heterocycles. The summed E-state index contributed by atoms with van der Waals surface area (Å²) in [6, 6.07) is 13.5. The maximum absolute atomic E-state index is 12.7. The van der Waals surface area contributed by atoms with Crippen LogP contribution in [0.4, 0.5) is 10.1 Å². The van der Waals surface area contributed by atoms with Crippen molar-refractivity contribution in [1.29, 1.82) is 0 Å². The normalized spacial score (nSPS) is 10.7. The Morgan fingerprint density at radius 3 is 2.43 bits per heavy atom. The van der Waals surface area contributed by atoms with Crippen molar-refractivity contribution in [3.8, 4) is 0 Å². The number of nitrogen functional groups attached to an aromatic ring is 1. The molecule has 0 aliphatic heterocycles. The summed E-state index contributed by atoms with van der Waals surface area (Å²) in [5.74, 6) is -0.463. The highest BCUT2D eigenvalue weighted by Gasteiger charge is 1.97. The number of hydrogen-bond donors (Lipinski definition) is 2. The summed E-state index contributed by atoms with van der Waals surface area (Å²) in [6.45, 7) is 0.552. The van der Waals surface area contributed by atoms with Crippen LogP contribution in [0.1, 0.15) is 11.1 Å². The first kappa shape index (κ1) is 14.8. The fourth-order valence-corrected chi connectivity index (χ4v) is 1.82. The van der Waals surface area contributed by atoms with Crippen LogP contribution in [-0.4, -0.2) is 12.5 Å². The Morgan fingerprint density at radius 2 is 1.76 bits per heavy atom. The summed E-state index contributed by atoms with van der Waals surface area (Å²) in [5, 5.41) is 2.80. The lowest BCUT2D eigenvalue weighted by Gasteiger charge is -2.03. The third kappa shape index (κ3) is 5.10. The van der Waals surface area contributed by atoms with Gasteiger partial charge in [-0.15, -0.1) is 0 Å². The van der Waals surface area contributed by atoms with Gasteiger partial charge < -0.3 is 11.1 Å². The molecule has 0 saturated heterocycles. The molecule has 2 aromatic carbocycles. The van der Waals surface area contributed by atoms with Crippen LogP contribution in [0.15, 0.2) is 54.6 Å². The molecule has 3 nitrogen and oxygen atoms in total. The second-order valence-corrected chi connectivity index (χ2v) is 4.67. The van der Waals surface area contributed by atoms with Crippen molar-refractivity contribution in [2.45, 2.75) is 6.42 Å². The molecule has 0 atom stereocenters. The van der Waals surface area contributed by atoms with Gasteiger partial charge in [-0.1, -0.05) is 24.3 Å². The average Bonchev–Trinajstić information content (AvgIpc) is 2.49. The lowest BCUT2D eigenvalue weighted by Crippen LogP contribution is -2.23. The minimum absolute atomic E-state index is 0.172. The van der Waals surface area contributed by atoms with Crippen molar-refractivity contribution < 1.29 is 9.18 Å². The molecule has 4 heteroatoms. The highest BCUT2D eigenvalue weighted by molar-refractivity contribution is 5.91. The van der Waals surface area contributed by atoms with Crippen LogP contribution in [-0.2, 0) is 11.2 Å². The van der Waals surface area contributed by atoms with Gasteiger partial charge in [-0.3, -0.25) is 4.79 Å². The second-order valence-electron chi connectivity index (χ2n) is 4.67. The Kier molecular flexibility index (Phi) is 5.10. The summed E-state index contributed by atoms with van der Waals surface area (Å²) in [7, 11) is 0. The Morgan fingerprint density at radius 1 is 1.10 bits per heavy atom. The number of hydrogen-bond acceptors (Lipinski definition) is 2. The van der Waals surface area contributed by atoms with Gasteiger partial charge in [0, 0.05) is 18.3 Å². The number of halogens is 1. The molecule has 2 aromatic rings. The summed E-state index contributed by atoms with van der Waals surface area (Å²) in [5.41, 5.74) is 8.23. The molecule has 1 amide bonds. The largest absolute Gasteiger partial charge is 0.399 e. The van der Waals surface area contributed by atoms with Gasteiger partial charge in [0.05, 0.1) is 0 Å². The van der Waals surface area contributed by atoms with Crippen LogP contribution in [0.5, 0.6) is 0 Å². The average molecular weight is 284 g/mol. The predicted octanol–water partition coefficient (Wildman–Crippen LogP) is 2.78. The lowest BCUT2D eigenvalue weighted by atomic mass is 10.1. The monoisotopic (exact) mass is 284 g/mol. The first-order chi connectivity index (χ1) is 10.1. The molecule has 0 heterocycles. The van der Waals surface area contributed by atoms with Gasteiger partial charge in [-0.2, -0.15) is 0 Å². The van der Waals surface area contributed by atoms with E-state index in [0.717, 1.165) is 23.2 Å². The number of amides is 1. The maximum Gasteiger partial charge on any atom is 0.244 e. The maximum atomic E-state index is 12.7. The predicted molar refractivity (Wildman–Crippen MR) is 83.0 cm³/mol.